The highest BCUT2D eigenvalue weighted by Gasteiger charge is 2.23. The minimum absolute atomic E-state index is 0.0134. The van der Waals surface area contributed by atoms with Gasteiger partial charge in [-0.05, 0) is 6.42 Å². The van der Waals surface area contributed by atoms with Crippen LogP contribution in [0.5, 0.6) is 0 Å². The number of nitrogens with zero attached hydrogens (tertiary/aromatic N) is 4. The van der Waals surface area contributed by atoms with Gasteiger partial charge in [-0.3, -0.25) is 25.2 Å². The van der Waals surface area contributed by atoms with E-state index >= 15 is 0 Å². The summed E-state index contributed by atoms with van der Waals surface area (Å²) in [7, 11) is 0. The minimum atomic E-state index is -0.458. The van der Waals surface area contributed by atoms with Crippen molar-refractivity contribution in [3.63, 3.8) is 0 Å². The van der Waals surface area contributed by atoms with Crippen molar-refractivity contribution in [3.8, 4) is 10.6 Å². The molecule has 1 aliphatic rings. The maximum atomic E-state index is 12.5. The number of amides is 1. The summed E-state index contributed by atoms with van der Waals surface area (Å²) in [5.41, 5.74) is 0.580. The lowest BCUT2D eigenvalue weighted by Gasteiger charge is -2.12. The Bertz CT molecular complexity index is 855. The average molecular weight is 410 g/mol. The molecule has 8 nitrogen and oxygen atoms in total. The van der Waals surface area contributed by atoms with Crippen molar-refractivity contribution >= 4 is 56.0 Å². The normalized spacial score (nSPS) is 14.7. The summed E-state index contributed by atoms with van der Waals surface area (Å²) in [5, 5.41) is 22.3. The first-order chi connectivity index (χ1) is 12.6. The summed E-state index contributed by atoms with van der Waals surface area (Å²) < 4.78 is 0.946. The molecule has 1 aromatic heterocycles. The fourth-order valence-corrected chi connectivity index (χ4v) is 5.05. The molecule has 11 heteroatoms. The van der Waals surface area contributed by atoms with Gasteiger partial charge >= 0.3 is 0 Å². The summed E-state index contributed by atoms with van der Waals surface area (Å²) in [6.45, 7) is 2.75. The van der Waals surface area contributed by atoms with Crippen molar-refractivity contribution in [3.05, 3.63) is 34.4 Å². The summed E-state index contributed by atoms with van der Waals surface area (Å²) >= 11 is 4.32. The maximum Gasteiger partial charge on any atom is 0.270 e. The Morgan fingerprint density at radius 2 is 2.31 bits per heavy atom. The van der Waals surface area contributed by atoms with E-state index in [4.69, 9.17) is 0 Å². The summed E-state index contributed by atoms with van der Waals surface area (Å²) in [4.78, 5) is 27.3. The Hall–Kier alpha value is -1.98. The van der Waals surface area contributed by atoms with Crippen molar-refractivity contribution in [1.29, 1.82) is 0 Å². The highest BCUT2D eigenvalue weighted by atomic mass is 32.2. The monoisotopic (exact) mass is 409 g/mol. The van der Waals surface area contributed by atoms with Crippen molar-refractivity contribution in [2.45, 2.75) is 18.6 Å². The second kappa shape index (κ2) is 8.60. The van der Waals surface area contributed by atoms with Crippen LogP contribution in [-0.4, -0.2) is 43.0 Å². The SMILES string of the molecule is CC[C@@H](SC1=NCCS1)C(=O)Nc1nnc(-c2cccc([N+](=O)[O-])c2)s1. The molecular formula is C15H15N5O3S3. The van der Waals surface area contributed by atoms with Crippen molar-refractivity contribution in [1.82, 2.24) is 10.2 Å². The summed E-state index contributed by atoms with van der Waals surface area (Å²) in [6, 6.07) is 6.17. The lowest BCUT2D eigenvalue weighted by atomic mass is 10.2. The number of carbonyl (C=O) groups excluding carboxylic acids is 1. The van der Waals surface area contributed by atoms with Crippen LogP contribution >= 0.6 is 34.9 Å². The van der Waals surface area contributed by atoms with Crippen LogP contribution in [0.2, 0.25) is 0 Å². The standard InChI is InChI=1S/C15H15N5O3S3/c1-2-11(25-15-16-6-7-24-15)12(21)17-14-19-18-13(26-14)9-4-3-5-10(8-9)20(22)23/h3-5,8,11H,2,6-7H2,1H3,(H,17,19,21)/t11-/m1/s1. The van der Waals surface area contributed by atoms with E-state index in [-0.39, 0.29) is 16.8 Å². The molecule has 136 valence electrons. The number of anilines is 1. The maximum absolute atomic E-state index is 12.5. The van der Waals surface area contributed by atoms with E-state index in [0.29, 0.717) is 22.1 Å². The molecule has 3 rings (SSSR count). The second-order valence-corrected chi connectivity index (χ2v) is 8.73. The fraction of sp³-hybridized carbons (Fsp3) is 0.333. The van der Waals surface area contributed by atoms with Gasteiger partial charge in [0, 0.05) is 23.4 Å². The fourth-order valence-electron chi connectivity index (χ4n) is 2.16. The molecule has 0 saturated heterocycles. The molecule has 1 atom stereocenters. The zero-order valence-corrected chi connectivity index (χ0v) is 16.2. The molecule has 0 radical (unpaired) electrons. The zero-order valence-electron chi connectivity index (χ0n) is 13.7. The highest BCUT2D eigenvalue weighted by molar-refractivity contribution is 8.39. The van der Waals surface area contributed by atoms with Crippen LogP contribution in [0.15, 0.2) is 29.3 Å². The zero-order chi connectivity index (χ0) is 18.5. The minimum Gasteiger partial charge on any atom is -0.300 e. The number of aromatic nitrogens is 2. The van der Waals surface area contributed by atoms with Crippen LogP contribution in [0.3, 0.4) is 0 Å². The van der Waals surface area contributed by atoms with Crippen LogP contribution in [0.4, 0.5) is 10.8 Å². The molecule has 1 N–H and O–H groups in total. The number of thioether (sulfide) groups is 2. The molecule has 26 heavy (non-hydrogen) atoms. The van der Waals surface area contributed by atoms with E-state index in [1.807, 2.05) is 6.92 Å². The largest absolute Gasteiger partial charge is 0.300 e. The topological polar surface area (TPSA) is 110 Å². The number of nitrogens with one attached hydrogen (secondary N) is 1. The average Bonchev–Trinajstić information content (AvgIpc) is 3.31. The molecule has 0 aliphatic carbocycles. The van der Waals surface area contributed by atoms with Gasteiger partial charge in [0.25, 0.3) is 5.69 Å². The van der Waals surface area contributed by atoms with Crippen molar-refractivity contribution < 1.29 is 9.72 Å². The van der Waals surface area contributed by atoms with E-state index in [1.54, 1.807) is 23.9 Å². The summed E-state index contributed by atoms with van der Waals surface area (Å²) in [5.74, 6) is 0.818. The van der Waals surface area contributed by atoms with E-state index < -0.39 is 4.92 Å². The quantitative estimate of drug-likeness (QED) is 0.572. The number of non-ortho nitro benzene ring substituents is 1. The van der Waals surface area contributed by atoms with Gasteiger partial charge in [0.05, 0.1) is 16.7 Å². The molecule has 2 heterocycles. The van der Waals surface area contributed by atoms with Crippen LogP contribution in [0.25, 0.3) is 10.6 Å². The molecule has 0 fully saturated rings. The number of aliphatic imine (C=N–C) groups is 1. The molecule has 1 amide bonds. The lowest BCUT2D eigenvalue weighted by Crippen LogP contribution is -2.25. The summed E-state index contributed by atoms with van der Waals surface area (Å²) in [6.07, 6.45) is 0.673. The van der Waals surface area contributed by atoms with E-state index in [2.05, 4.69) is 20.5 Å². The predicted octanol–water partition coefficient (Wildman–Crippen LogP) is 3.67. The van der Waals surface area contributed by atoms with E-state index in [1.165, 1.54) is 35.2 Å². The number of rotatable bonds is 6. The Balaban J connectivity index is 1.68. The molecule has 2 aromatic rings. The van der Waals surface area contributed by atoms with Gasteiger partial charge in [0.15, 0.2) is 0 Å². The number of carbonyl (C=O) groups is 1. The van der Waals surface area contributed by atoms with Gasteiger partial charge in [-0.15, -0.1) is 10.2 Å². The van der Waals surface area contributed by atoms with Crippen molar-refractivity contribution in [2.24, 2.45) is 4.99 Å². The Labute approximate surface area is 162 Å². The Kier molecular flexibility index (Phi) is 6.22. The number of nitro benzene ring substituents is 1. The molecule has 0 saturated carbocycles. The van der Waals surface area contributed by atoms with Gasteiger partial charge in [-0.25, -0.2) is 0 Å². The van der Waals surface area contributed by atoms with Crippen LogP contribution in [-0.2, 0) is 4.79 Å². The number of nitro groups is 1. The van der Waals surface area contributed by atoms with Gasteiger partial charge in [0.2, 0.25) is 11.0 Å². The number of hydrogen-bond donors (Lipinski definition) is 1. The number of hydrogen-bond acceptors (Lipinski definition) is 9. The first-order valence-electron chi connectivity index (χ1n) is 7.80. The number of benzene rings is 1. The van der Waals surface area contributed by atoms with Crippen molar-refractivity contribution in [2.75, 3.05) is 17.6 Å². The van der Waals surface area contributed by atoms with Gasteiger partial charge in [-0.1, -0.05) is 53.9 Å². The lowest BCUT2D eigenvalue weighted by molar-refractivity contribution is -0.384. The Morgan fingerprint density at radius 3 is 3.00 bits per heavy atom. The van der Waals surface area contributed by atoms with E-state index in [9.17, 15) is 14.9 Å². The first-order valence-corrected chi connectivity index (χ1v) is 10.5. The third-order valence-corrected chi connectivity index (χ3v) is 6.88. The predicted molar refractivity (Wildman–Crippen MR) is 107 cm³/mol. The third kappa shape index (κ3) is 4.59. The Morgan fingerprint density at radius 1 is 1.46 bits per heavy atom. The van der Waals surface area contributed by atoms with Crippen LogP contribution < -0.4 is 5.32 Å². The first kappa shape index (κ1) is 18.8. The smallest absolute Gasteiger partial charge is 0.270 e. The highest BCUT2D eigenvalue weighted by Crippen LogP contribution is 2.31. The molecule has 0 unspecified atom stereocenters. The van der Waals surface area contributed by atoms with Crippen LogP contribution in [0.1, 0.15) is 13.3 Å². The van der Waals surface area contributed by atoms with E-state index in [0.717, 1.165) is 16.7 Å². The third-order valence-electron chi connectivity index (χ3n) is 3.42. The molecule has 0 spiro atoms. The molecule has 0 bridgehead atoms. The molecule has 1 aliphatic heterocycles. The van der Waals surface area contributed by atoms with Gasteiger partial charge in [-0.2, -0.15) is 0 Å². The molecule has 1 aromatic carbocycles. The van der Waals surface area contributed by atoms with Crippen LogP contribution in [0, 0.1) is 10.1 Å². The molecular weight excluding hydrogens is 394 g/mol. The second-order valence-electron chi connectivity index (χ2n) is 5.22. The van der Waals surface area contributed by atoms with Gasteiger partial charge < -0.3 is 0 Å². The van der Waals surface area contributed by atoms with Gasteiger partial charge in [0.1, 0.15) is 9.38 Å².